The average Bonchev–Trinajstić information content (AvgIpc) is 2.67. The van der Waals surface area contributed by atoms with Crippen molar-refractivity contribution in [2.75, 3.05) is 53.4 Å². The third-order valence-electron chi connectivity index (χ3n) is 4.61. The maximum absolute atomic E-state index is 12.8. The van der Waals surface area contributed by atoms with Gasteiger partial charge in [-0.25, -0.2) is 0 Å². The van der Waals surface area contributed by atoms with Gasteiger partial charge in [-0.3, -0.25) is 9.59 Å². The summed E-state index contributed by atoms with van der Waals surface area (Å²) in [5.74, 6) is 0.196. The van der Waals surface area contributed by atoms with Crippen LogP contribution in [0.5, 0.6) is 0 Å². The van der Waals surface area contributed by atoms with E-state index in [0.717, 1.165) is 32.4 Å². The smallest absolute Gasteiger partial charge is 0.254 e. The third kappa shape index (κ3) is 4.20. The average molecular weight is 311 g/mol. The Kier molecular flexibility index (Phi) is 5.81. The summed E-state index contributed by atoms with van der Waals surface area (Å²) >= 11 is 0. The summed E-state index contributed by atoms with van der Waals surface area (Å²) in [6, 6.07) is 0. The minimum Gasteiger partial charge on any atom is -0.365 e. The zero-order valence-electron chi connectivity index (χ0n) is 14.1. The molecule has 1 atom stereocenters. The quantitative estimate of drug-likeness (QED) is 0.762. The van der Waals surface area contributed by atoms with E-state index < -0.39 is 5.60 Å². The van der Waals surface area contributed by atoms with Gasteiger partial charge in [0.05, 0.1) is 0 Å². The van der Waals surface area contributed by atoms with E-state index in [9.17, 15) is 9.59 Å². The first kappa shape index (κ1) is 17.2. The maximum Gasteiger partial charge on any atom is 0.254 e. The van der Waals surface area contributed by atoms with E-state index in [-0.39, 0.29) is 11.8 Å². The first-order valence-electron chi connectivity index (χ1n) is 8.28. The normalized spacial score (nSPS) is 27.2. The SMILES string of the molecule is CN(C)CCN1CCN(C(=O)[C@]2(C)CCCCO2)CCC1=O. The lowest BCUT2D eigenvalue weighted by Crippen LogP contribution is -2.51. The summed E-state index contributed by atoms with van der Waals surface area (Å²) in [6.45, 7) is 5.86. The Hall–Kier alpha value is -1.14. The summed E-state index contributed by atoms with van der Waals surface area (Å²) in [7, 11) is 4.00. The molecule has 0 aromatic carbocycles. The summed E-state index contributed by atoms with van der Waals surface area (Å²) in [6.07, 6.45) is 3.25. The highest BCUT2D eigenvalue weighted by atomic mass is 16.5. The fraction of sp³-hybridized carbons (Fsp3) is 0.875. The molecule has 0 aromatic rings. The Morgan fingerprint density at radius 1 is 1.27 bits per heavy atom. The second-order valence-corrected chi connectivity index (χ2v) is 6.76. The Balaban J connectivity index is 1.94. The third-order valence-corrected chi connectivity index (χ3v) is 4.61. The molecule has 6 nitrogen and oxygen atoms in total. The van der Waals surface area contributed by atoms with E-state index in [2.05, 4.69) is 4.90 Å². The molecule has 2 aliphatic rings. The van der Waals surface area contributed by atoms with Gasteiger partial charge < -0.3 is 19.4 Å². The Bertz CT molecular complexity index is 405. The molecule has 0 N–H and O–H groups in total. The molecule has 0 saturated carbocycles. The van der Waals surface area contributed by atoms with E-state index in [0.29, 0.717) is 32.7 Å². The summed E-state index contributed by atoms with van der Waals surface area (Å²) in [5.41, 5.74) is -0.694. The van der Waals surface area contributed by atoms with E-state index >= 15 is 0 Å². The van der Waals surface area contributed by atoms with Crippen LogP contribution in [-0.4, -0.2) is 85.5 Å². The number of carbonyl (C=O) groups excluding carboxylic acids is 2. The van der Waals surface area contributed by atoms with Crippen molar-refractivity contribution in [3.63, 3.8) is 0 Å². The largest absolute Gasteiger partial charge is 0.365 e. The monoisotopic (exact) mass is 311 g/mol. The van der Waals surface area contributed by atoms with Gasteiger partial charge in [-0.1, -0.05) is 0 Å². The zero-order chi connectivity index (χ0) is 16.2. The van der Waals surface area contributed by atoms with Crippen LogP contribution in [0.2, 0.25) is 0 Å². The highest BCUT2D eigenvalue weighted by molar-refractivity contribution is 5.86. The zero-order valence-corrected chi connectivity index (χ0v) is 14.1. The van der Waals surface area contributed by atoms with Gasteiger partial charge >= 0.3 is 0 Å². The lowest BCUT2D eigenvalue weighted by atomic mass is 9.94. The first-order chi connectivity index (χ1) is 10.4. The molecule has 0 aromatic heterocycles. The summed E-state index contributed by atoms with van der Waals surface area (Å²) < 4.78 is 5.76. The van der Waals surface area contributed by atoms with Crippen molar-refractivity contribution in [3.05, 3.63) is 0 Å². The standard InChI is InChI=1S/C16H29N3O3/c1-16(7-4-5-13-22-16)15(21)19-8-6-14(20)18(11-12-19)10-9-17(2)3/h4-13H2,1-3H3/t16-/m0/s1. The number of carbonyl (C=O) groups is 2. The molecule has 2 rings (SSSR count). The second-order valence-electron chi connectivity index (χ2n) is 6.76. The van der Waals surface area contributed by atoms with Gasteiger partial charge in [0.2, 0.25) is 5.91 Å². The molecule has 0 aliphatic carbocycles. The first-order valence-corrected chi connectivity index (χ1v) is 8.28. The molecule has 2 amide bonds. The Labute approximate surface area is 133 Å². The van der Waals surface area contributed by atoms with Crippen LogP contribution < -0.4 is 0 Å². The van der Waals surface area contributed by atoms with Crippen molar-refractivity contribution in [2.45, 2.75) is 38.2 Å². The van der Waals surface area contributed by atoms with Crippen LogP contribution in [0.1, 0.15) is 32.6 Å². The number of rotatable bonds is 4. The predicted octanol–water partition coefficient (Wildman–Crippen LogP) is 0.568. The minimum absolute atomic E-state index is 0.0504. The lowest BCUT2D eigenvalue weighted by Gasteiger charge is -2.36. The van der Waals surface area contributed by atoms with Gasteiger partial charge in [-0.2, -0.15) is 0 Å². The van der Waals surface area contributed by atoms with E-state index in [1.807, 2.05) is 30.8 Å². The number of hydrogen-bond acceptors (Lipinski definition) is 4. The lowest BCUT2D eigenvalue weighted by molar-refractivity contribution is -0.161. The van der Waals surface area contributed by atoms with Gasteiger partial charge in [0.15, 0.2) is 0 Å². The number of hydrogen-bond donors (Lipinski definition) is 0. The fourth-order valence-corrected chi connectivity index (χ4v) is 3.06. The molecule has 0 radical (unpaired) electrons. The molecule has 0 bridgehead atoms. The van der Waals surface area contributed by atoms with E-state index in [4.69, 9.17) is 4.74 Å². The molecule has 2 saturated heterocycles. The molecule has 126 valence electrons. The van der Waals surface area contributed by atoms with Crippen molar-refractivity contribution in [1.29, 1.82) is 0 Å². The van der Waals surface area contributed by atoms with E-state index in [1.54, 1.807) is 0 Å². The van der Waals surface area contributed by atoms with Gasteiger partial charge in [0.25, 0.3) is 5.91 Å². The van der Waals surface area contributed by atoms with Gasteiger partial charge in [-0.15, -0.1) is 0 Å². The van der Waals surface area contributed by atoms with Gasteiger partial charge in [0, 0.05) is 45.8 Å². The molecular weight excluding hydrogens is 282 g/mol. The van der Waals surface area contributed by atoms with Crippen molar-refractivity contribution < 1.29 is 14.3 Å². The number of likely N-dealkylation sites (N-methyl/N-ethyl adjacent to an activating group) is 1. The summed E-state index contributed by atoms with van der Waals surface area (Å²) in [5, 5.41) is 0. The molecule has 2 aliphatic heterocycles. The highest BCUT2D eigenvalue weighted by Gasteiger charge is 2.39. The molecule has 22 heavy (non-hydrogen) atoms. The van der Waals surface area contributed by atoms with Gasteiger partial charge in [0.1, 0.15) is 5.60 Å². The van der Waals surface area contributed by atoms with Gasteiger partial charge in [-0.05, 0) is 40.3 Å². The topological polar surface area (TPSA) is 53.1 Å². The Morgan fingerprint density at radius 3 is 2.68 bits per heavy atom. The molecule has 2 fully saturated rings. The van der Waals surface area contributed by atoms with Crippen LogP contribution in [0.25, 0.3) is 0 Å². The van der Waals surface area contributed by atoms with Crippen LogP contribution in [0.15, 0.2) is 0 Å². The highest BCUT2D eigenvalue weighted by Crippen LogP contribution is 2.27. The van der Waals surface area contributed by atoms with Crippen LogP contribution in [0.3, 0.4) is 0 Å². The number of amides is 2. The molecule has 2 heterocycles. The Morgan fingerprint density at radius 2 is 2.05 bits per heavy atom. The predicted molar refractivity (Wildman–Crippen MR) is 84.5 cm³/mol. The molecule has 0 unspecified atom stereocenters. The summed E-state index contributed by atoms with van der Waals surface area (Å²) in [4.78, 5) is 30.7. The number of ether oxygens (including phenoxy) is 1. The van der Waals surface area contributed by atoms with Crippen LogP contribution in [0.4, 0.5) is 0 Å². The van der Waals surface area contributed by atoms with E-state index in [1.165, 1.54) is 0 Å². The number of nitrogens with zero attached hydrogens (tertiary/aromatic N) is 3. The van der Waals surface area contributed by atoms with Crippen molar-refractivity contribution in [2.24, 2.45) is 0 Å². The molecule has 6 heteroatoms. The minimum atomic E-state index is -0.694. The molecular formula is C16H29N3O3. The van der Waals surface area contributed by atoms with Crippen LogP contribution in [-0.2, 0) is 14.3 Å². The van der Waals surface area contributed by atoms with Crippen LogP contribution >= 0.6 is 0 Å². The van der Waals surface area contributed by atoms with Crippen molar-refractivity contribution in [1.82, 2.24) is 14.7 Å². The van der Waals surface area contributed by atoms with Crippen LogP contribution in [0, 0.1) is 0 Å². The van der Waals surface area contributed by atoms with Crippen molar-refractivity contribution >= 4 is 11.8 Å². The van der Waals surface area contributed by atoms with Crippen molar-refractivity contribution in [3.8, 4) is 0 Å². The maximum atomic E-state index is 12.8. The second kappa shape index (κ2) is 7.42. The fourth-order valence-electron chi connectivity index (χ4n) is 3.06. The molecule has 0 spiro atoms.